The fourth-order valence-corrected chi connectivity index (χ4v) is 1.68. The third kappa shape index (κ3) is 2.72. The van der Waals surface area contributed by atoms with Gasteiger partial charge >= 0.3 is 5.97 Å². The first-order chi connectivity index (χ1) is 8.68. The van der Waals surface area contributed by atoms with E-state index in [1.807, 2.05) is 12.1 Å². The molecule has 2 N–H and O–H groups in total. The highest BCUT2D eigenvalue weighted by Crippen LogP contribution is 2.07. The maximum atomic E-state index is 11.0. The van der Waals surface area contributed by atoms with Gasteiger partial charge in [-0.2, -0.15) is 5.10 Å². The standard InChI is InChI=1S/C12H14N4O2/c1-16-11(10(7-15-16)12(17)18)8-14-6-9-3-2-4-13-5-9/h2-5,7,14H,6,8H2,1H3,(H,17,18). The number of carbonyl (C=O) groups is 1. The molecule has 2 aromatic rings. The number of hydrogen-bond donors (Lipinski definition) is 2. The second kappa shape index (κ2) is 5.42. The van der Waals surface area contributed by atoms with Crippen molar-refractivity contribution < 1.29 is 9.90 Å². The molecule has 0 saturated heterocycles. The highest BCUT2D eigenvalue weighted by molar-refractivity contribution is 5.88. The average Bonchev–Trinajstić information content (AvgIpc) is 2.73. The zero-order chi connectivity index (χ0) is 13.0. The zero-order valence-electron chi connectivity index (χ0n) is 10.00. The number of aromatic carboxylic acids is 1. The highest BCUT2D eigenvalue weighted by atomic mass is 16.4. The number of carboxylic acids is 1. The van der Waals surface area contributed by atoms with E-state index in [4.69, 9.17) is 5.11 Å². The van der Waals surface area contributed by atoms with Crippen molar-refractivity contribution in [2.24, 2.45) is 7.05 Å². The van der Waals surface area contributed by atoms with Gasteiger partial charge in [0, 0.05) is 32.5 Å². The van der Waals surface area contributed by atoms with Crippen LogP contribution in [0, 0.1) is 0 Å². The summed E-state index contributed by atoms with van der Waals surface area (Å²) in [5.74, 6) is -0.957. The molecule has 0 unspecified atom stereocenters. The molecular formula is C12H14N4O2. The van der Waals surface area contributed by atoms with Crippen molar-refractivity contribution in [2.45, 2.75) is 13.1 Å². The average molecular weight is 246 g/mol. The van der Waals surface area contributed by atoms with Crippen molar-refractivity contribution in [3.63, 3.8) is 0 Å². The number of nitrogens with zero attached hydrogens (tertiary/aromatic N) is 3. The molecule has 0 aliphatic carbocycles. The number of aryl methyl sites for hydroxylation is 1. The van der Waals surface area contributed by atoms with Crippen LogP contribution >= 0.6 is 0 Å². The third-order valence-corrected chi connectivity index (χ3v) is 2.64. The van der Waals surface area contributed by atoms with Gasteiger partial charge in [0.15, 0.2) is 0 Å². The largest absolute Gasteiger partial charge is 0.478 e. The molecule has 2 heterocycles. The molecule has 0 spiro atoms. The van der Waals surface area contributed by atoms with E-state index in [-0.39, 0.29) is 5.56 Å². The van der Waals surface area contributed by atoms with E-state index < -0.39 is 5.97 Å². The molecule has 0 atom stereocenters. The minimum Gasteiger partial charge on any atom is -0.478 e. The van der Waals surface area contributed by atoms with Gasteiger partial charge < -0.3 is 10.4 Å². The number of nitrogens with one attached hydrogen (secondary N) is 1. The van der Waals surface area contributed by atoms with Crippen LogP contribution in [-0.4, -0.2) is 25.8 Å². The van der Waals surface area contributed by atoms with Crippen molar-refractivity contribution in [3.8, 4) is 0 Å². The zero-order valence-corrected chi connectivity index (χ0v) is 10.00. The Morgan fingerprint density at radius 1 is 1.44 bits per heavy atom. The van der Waals surface area contributed by atoms with Crippen LogP contribution in [0.5, 0.6) is 0 Å². The summed E-state index contributed by atoms with van der Waals surface area (Å²) in [7, 11) is 1.73. The molecular weight excluding hydrogens is 232 g/mol. The molecule has 6 nitrogen and oxygen atoms in total. The maximum absolute atomic E-state index is 11.0. The Labute approximate surface area is 104 Å². The van der Waals surface area contributed by atoms with Gasteiger partial charge in [-0.05, 0) is 11.6 Å². The van der Waals surface area contributed by atoms with E-state index in [9.17, 15) is 4.79 Å². The van der Waals surface area contributed by atoms with E-state index in [1.54, 1.807) is 24.1 Å². The lowest BCUT2D eigenvalue weighted by molar-refractivity contribution is 0.0695. The van der Waals surface area contributed by atoms with Crippen LogP contribution in [-0.2, 0) is 20.1 Å². The lowest BCUT2D eigenvalue weighted by atomic mass is 10.2. The van der Waals surface area contributed by atoms with Crippen molar-refractivity contribution in [1.29, 1.82) is 0 Å². The Balaban J connectivity index is 1.98. The van der Waals surface area contributed by atoms with Gasteiger partial charge in [0.25, 0.3) is 0 Å². The summed E-state index contributed by atoms with van der Waals surface area (Å²) in [4.78, 5) is 15.0. The fraction of sp³-hybridized carbons (Fsp3) is 0.250. The van der Waals surface area contributed by atoms with E-state index in [2.05, 4.69) is 15.4 Å². The Morgan fingerprint density at radius 3 is 2.94 bits per heavy atom. The molecule has 0 aliphatic rings. The summed E-state index contributed by atoms with van der Waals surface area (Å²) < 4.78 is 1.57. The lowest BCUT2D eigenvalue weighted by Gasteiger charge is -2.06. The lowest BCUT2D eigenvalue weighted by Crippen LogP contribution is -2.17. The van der Waals surface area contributed by atoms with Gasteiger partial charge in [0.1, 0.15) is 5.56 Å². The molecule has 0 radical (unpaired) electrons. The molecule has 6 heteroatoms. The van der Waals surface area contributed by atoms with Crippen molar-refractivity contribution >= 4 is 5.97 Å². The Bertz CT molecular complexity index is 536. The van der Waals surface area contributed by atoms with Crippen LogP contribution in [0.2, 0.25) is 0 Å². The molecule has 0 aromatic carbocycles. The van der Waals surface area contributed by atoms with Gasteiger partial charge in [-0.1, -0.05) is 6.07 Å². The topological polar surface area (TPSA) is 80.0 Å². The number of aromatic nitrogens is 3. The van der Waals surface area contributed by atoms with Gasteiger partial charge in [-0.3, -0.25) is 9.67 Å². The molecule has 0 fully saturated rings. The number of hydrogen-bond acceptors (Lipinski definition) is 4. The van der Waals surface area contributed by atoms with Crippen LogP contribution in [0.1, 0.15) is 21.6 Å². The minimum atomic E-state index is -0.957. The van der Waals surface area contributed by atoms with Gasteiger partial charge in [-0.15, -0.1) is 0 Å². The first-order valence-corrected chi connectivity index (χ1v) is 5.52. The monoisotopic (exact) mass is 246 g/mol. The number of rotatable bonds is 5. The summed E-state index contributed by atoms with van der Waals surface area (Å²) in [6.45, 7) is 1.09. The van der Waals surface area contributed by atoms with Crippen LogP contribution < -0.4 is 5.32 Å². The highest BCUT2D eigenvalue weighted by Gasteiger charge is 2.14. The SMILES string of the molecule is Cn1ncc(C(=O)O)c1CNCc1cccnc1. The second-order valence-electron chi connectivity index (χ2n) is 3.90. The van der Waals surface area contributed by atoms with Crippen molar-refractivity contribution in [1.82, 2.24) is 20.1 Å². The molecule has 0 bridgehead atoms. The Kier molecular flexibility index (Phi) is 3.69. The van der Waals surface area contributed by atoms with E-state index in [0.29, 0.717) is 18.8 Å². The predicted molar refractivity (Wildman–Crippen MR) is 64.9 cm³/mol. The fourth-order valence-electron chi connectivity index (χ4n) is 1.68. The smallest absolute Gasteiger partial charge is 0.339 e. The Hall–Kier alpha value is -2.21. The third-order valence-electron chi connectivity index (χ3n) is 2.64. The van der Waals surface area contributed by atoms with Gasteiger partial charge in [0.2, 0.25) is 0 Å². The van der Waals surface area contributed by atoms with Gasteiger partial charge in [-0.25, -0.2) is 4.79 Å². The van der Waals surface area contributed by atoms with E-state index >= 15 is 0 Å². The molecule has 0 saturated carbocycles. The summed E-state index contributed by atoms with van der Waals surface area (Å²) in [5, 5.41) is 16.1. The summed E-state index contributed by atoms with van der Waals surface area (Å²) >= 11 is 0. The number of carboxylic acid groups (broad SMARTS) is 1. The van der Waals surface area contributed by atoms with E-state index in [1.165, 1.54) is 6.20 Å². The first-order valence-electron chi connectivity index (χ1n) is 5.52. The Morgan fingerprint density at radius 2 is 2.28 bits per heavy atom. The summed E-state index contributed by atoms with van der Waals surface area (Å²) in [6.07, 6.45) is 4.85. The molecule has 0 aliphatic heterocycles. The van der Waals surface area contributed by atoms with Crippen LogP contribution in [0.15, 0.2) is 30.7 Å². The normalized spacial score (nSPS) is 10.5. The summed E-state index contributed by atoms with van der Waals surface area (Å²) in [6, 6.07) is 3.82. The first kappa shape index (κ1) is 12.3. The van der Waals surface area contributed by atoms with Crippen LogP contribution in [0.3, 0.4) is 0 Å². The van der Waals surface area contributed by atoms with E-state index in [0.717, 1.165) is 5.56 Å². The van der Waals surface area contributed by atoms with Gasteiger partial charge in [0.05, 0.1) is 11.9 Å². The quantitative estimate of drug-likeness (QED) is 0.815. The maximum Gasteiger partial charge on any atom is 0.339 e. The molecule has 94 valence electrons. The van der Waals surface area contributed by atoms with Crippen LogP contribution in [0.4, 0.5) is 0 Å². The molecule has 0 amide bonds. The molecule has 18 heavy (non-hydrogen) atoms. The number of pyridine rings is 1. The van der Waals surface area contributed by atoms with Crippen LogP contribution in [0.25, 0.3) is 0 Å². The molecule has 2 rings (SSSR count). The summed E-state index contributed by atoms with van der Waals surface area (Å²) in [5.41, 5.74) is 1.94. The second-order valence-corrected chi connectivity index (χ2v) is 3.90. The van der Waals surface area contributed by atoms with Crippen molar-refractivity contribution in [3.05, 3.63) is 47.5 Å². The minimum absolute atomic E-state index is 0.233. The van der Waals surface area contributed by atoms with Crippen molar-refractivity contribution in [2.75, 3.05) is 0 Å². The predicted octanol–water partition coefficient (Wildman–Crippen LogP) is 0.803. The molecule has 2 aromatic heterocycles.